The number of hydrogen-bond donors (Lipinski definition) is 0. The van der Waals surface area contributed by atoms with E-state index in [1.165, 1.54) is 0 Å². The average Bonchev–Trinajstić information content (AvgIpc) is 3.91. The predicted molar refractivity (Wildman–Crippen MR) is 251 cm³/mol. The van der Waals surface area contributed by atoms with Gasteiger partial charge in [-0.25, -0.2) is 4.98 Å². The molecule has 3 aromatic heterocycles. The number of imidazole rings is 1. The van der Waals surface area contributed by atoms with E-state index in [9.17, 15) is 5.26 Å². The molecule has 0 saturated carbocycles. The van der Waals surface area contributed by atoms with E-state index in [2.05, 4.69) is 75.1 Å². The summed E-state index contributed by atoms with van der Waals surface area (Å²) in [7, 11) is -2.82. The Morgan fingerprint density at radius 3 is 2.17 bits per heavy atom. The standard InChI is InChI=1S/C55H41N5OSi.Pt/c1-55(2,3)39-28-29-57-51(31-39)60-46-23-13-12-20-44(46)45-27-26-40(32-48(45)60)61-41-30-38(34-56)54-49(33-41)59-35-58(47-24-15-25-50(53(47)59)62(54,4)5)52-42(36-16-8-6-9-17-36)21-14-22-43(52)37-18-10-7-11-19-37;/h6-31H,1-5H3;/q-2;/i6D,7D,8D,9D,10D,11D,16D,17D,18D,19D;. The summed E-state index contributed by atoms with van der Waals surface area (Å²) in [6.45, 7) is 10.7. The molecule has 0 bridgehead atoms. The minimum atomic E-state index is -2.82. The molecule has 0 amide bonds. The monoisotopic (exact) mass is 1020 g/mol. The molecule has 0 aliphatic carbocycles. The number of ether oxygens (including phenoxy) is 1. The first-order valence-corrected chi connectivity index (χ1v) is 23.1. The van der Waals surface area contributed by atoms with Gasteiger partial charge in [0.2, 0.25) is 0 Å². The zero-order chi connectivity index (χ0) is 51.0. The fraction of sp³-hybridized carbons (Fsp3) is 0.109. The summed E-state index contributed by atoms with van der Waals surface area (Å²) in [6.07, 6.45) is 5.29. The Bertz CT molecular complexity index is 3940. The molecular formula is C55H41N5OPtSi-2. The van der Waals surface area contributed by atoms with Crippen LogP contribution in [0.15, 0.2) is 158 Å². The number of hydrogen-bond acceptors (Lipinski definition) is 3. The summed E-state index contributed by atoms with van der Waals surface area (Å²) in [6, 6.07) is 32.2. The van der Waals surface area contributed by atoms with Crippen LogP contribution in [-0.4, -0.2) is 22.2 Å². The van der Waals surface area contributed by atoms with Crippen molar-refractivity contribution in [2.24, 2.45) is 0 Å². The second-order valence-corrected chi connectivity index (χ2v) is 21.1. The maximum atomic E-state index is 11.0. The smallest absolute Gasteiger partial charge is 0.268 e. The molecule has 11 rings (SSSR count). The van der Waals surface area contributed by atoms with Crippen LogP contribution in [0, 0.1) is 29.8 Å². The normalized spacial score (nSPS) is 15.0. The summed E-state index contributed by atoms with van der Waals surface area (Å²) in [5.41, 5.74) is 4.82. The summed E-state index contributed by atoms with van der Waals surface area (Å²) < 4.78 is 99.8. The van der Waals surface area contributed by atoms with E-state index in [1.54, 1.807) is 33.4 Å². The van der Waals surface area contributed by atoms with Crippen LogP contribution in [-0.2, 0) is 26.5 Å². The fourth-order valence-corrected chi connectivity index (χ4v) is 12.0. The van der Waals surface area contributed by atoms with Crippen LogP contribution in [0.4, 0.5) is 0 Å². The van der Waals surface area contributed by atoms with Crippen LogP contribution in [0.3, 0.4) is 0 Å². The molecule has 308 valence electrons. The Morgan fingerprint density at radius 1 is 0.778 bits per heavy atom. The van der Waals surface area contributed by atoms with Crippen LogP contribution in [0.5, 0.6) is 11.5 Å². The van der Waals surface area contributed by atoms with Crippen LogP contribution in [0.2, 0.25) is 13.1 Å². The molecule has 0 N–H and O–H groups in total. The van der Waals surface area contributed by atoms with Crippen LogP contribution in [0.25, 0.3) is 72.3 Å². The maximum Gasteiger partial charge on any atom is 0.268 e. The number of nitriles is 1. The number of benzene rings is 7. The van der Waals surface area contributed by atoms with Crippen LogP contribution < -0.4 is 19.7 Å². The van der Waals surface area contributed by atoms with Gasteiger partial charge in [-0.15, -0.1) is 34.8 Å². The quantitative estimate of drug-likeness (QED) is 0.0947. The Balaban J connectivity index is 0.00000611. The van der Waals surface area contributed by atoms with E-state index in [1.807, 2.05) is 60.8 Å². The third kappa shape index (κ3) is 6.47. The first-order chi connectivity index (χ1) is 34.2. The first-order valence-electron chi connectivity index (χ1n) is 25.1. The van der Waals surface area contributed by atoms with E-state index in [-0.39, 0.29) is 60.2 Å². The fourth-order valence-electron chi connectivity index (χ4n) is 8.87. The van der Waals surface area contributed by atoms with E-state index in [4.69, 9.17) is 23.4 Å². The topological polar surface area (TPSA) is 59.6 Å². The van der Waals surface area contributed by atoms with Gasteiger partial charge in [0.05, 0.1) is 36.5 Å². The van der Waals surface area contributed by atoms with Crippen molar-refractivity contribution in [2.45, 2.75) is 39.3 Å². The third-order valence-electron chi connectivity index (χ3n) is 11.8. The van der Waals surface area contributed by atoms with Crippen molar-refractivity contribution in [1.82, 2.24) is 14.1 Å². The number of fused-ring (bicyclic) bond motifs is 5. The van der Waals surface area contributed by atoms with E-state index in [0.717, 1.165) is 43.6 Å². The maximum absolute atomic E-state index is 11.0. The zero-order valence-electron chi connectivity index (χ0n) is 44.7. The second-order valence-electron chi connectivity index (χ2n) is 16.8. The molecule has 1 aliphatic heterocycles. The van der Waals surface area contributed by atoms with Crippen molar-refractivity contribution in [1.29, 1.82) is 5.26 Å². The van der Waals surface area contributed by atoms with Gasteiger partial charge < -0.3 is 13.9 Å². The van der Waals surface area contributed by atoms with E-state index in [0.29, 0.717) is 28.0 Å². The van der Waals surface area contributed by atoms with Crippen molar-refractivity contribution >= 4 is 51.3 Å². The van der Waals surface area contributed by atoms with Gasteiger partial charge in [0.1, 0.15) is 5.82 Å². The summed E-state index contributed by atoms with van der Waals surface area (Å²) in [5, 5.41) is 14.6. The van der Waals surface area contributed by atoms with Crippen LogP contribution in [0.1, 0.15) is 45.6 Å². The molecule has 6 nitrogen and oxygen atoms in total. The summed E-state index contributed by atoms with van der Waals surface area (Å²) in [4.78, 5) is 4.81. The number of rotatable bonds is 6. The molecule has 63 heavy (non-hydrogen) atoms. The Kier molecular flexibility index (Phi) is 7.30. The van der Waals surface area contributed by atoms with Crippen molar-refractivity contribution in [3.8, 4) is 57.0 Å². The third-order valence-corrected chi connectivity index (χ3v) is 15.3. The summed E-state index contributed by atoms with van der Waals surface area (Å²) >= 11 is 0. The SMILES string of the molecule is [2H]c1c([2H])c([2H])c(-c2cccc(-c3c([2H])c([2H])c([2H])c([2H])c3[2H])c2-[n+]2[c-]n3c4c(cccc42)[Si](C)(C)c2c-3[c-]c(Oc3[c-]c4c(cc3)c3ccccc3n4-c3cc(C(C)(C)C)ccn3)cc2C#N)c([2H])c1[2H].[Pt]. The van der Waals surface area contributed by atoms with E-state index >= 15 is 0 Å². The molecule has 0 saturated heterocycles. The molecule has 0 fully saturated rings. The predicted octanol–water partition coefficient (Wildman–Crippen LogP) is 11.2. The minimum Gasteiger partial charge on any atom is -0.510 e. The minimum absolute atomic E-state index is 0. The molecule has 0 atom stereocenters. The van der Waals surface area contributed by atoms with Gasteiger partial charge in [-0.1, -0.05) is 165 Å². The molecule has 7 aromatic carbocycles. The number of aromatic nitrogens is 4. The molecule has 10 aromatic rings. The zero-order valence-corrected chi connectivity index (χ0v) is 38.0. The Labute approximate surface area is 396 Å². The van der Waals surface area contributed by atoms with Gasteiger partial charge in [0, 0.05) is 52.4 Å². The molecule has 0 spiro atoms. The van der Waals surface area contributed by atoms with Crippen molar-refractivity contribution in [2.75, 3.05) is 0 Å². The van der Waals surface area contributed by atoms with Gasteiger partial charge in [0.15, 0.2) is 0 Å². The molecular weight excluding hydrogens is 970 g/mol. The van der Waals surface area contributed by atoms with E-state index < -0.39 is 68.5 Å². The molecule has 0 unspecified atom stereocenters. The van der Waals surface area contributed by atoms with Gasteiger partial charge in [-0.2, -0.15) is 11.3 Å². The number of pyridine rings is 1. The number of nitrogens with zero attached hydrogens (tertiary/aromatic N) is 5. The molecule has 1 aliphatic rings. The Hall–Kier alpha value is -6.84. The summed E-state index contributed by atoms with van der Waals surface area (Å²) in [5.74, 6) is 1.31. The number of para-hydroxylation sites is 3. The molecule has 8 heteroatoms. The second kappa shape index (κ2) is 15.2. The largest absolute Gasteiger partial charge is 0.510 e. The van der Waals surface area contributed by atoms with Crippen molar-refractivity contribution < 1.29 is 44.1 Å². The van der Waals surface area contributed by atoms with Crippen molar-refractivity contribution in [3.05, 3.63) is 187 Å². The van der Waals surface area contributed by atoms with Gasteiger partial charge in [0.25, 0.3) is 6.33 Å². The molecule has 4 heterocycles. The van der Waals surface area contributed by atoms with Gasteiger partial charge in [-0.3, -0.25) is 4.57 Å². The Morgan fingerprint density at radius 2 is 1.48 bits per heavy atom. The first kappa shape index (κ1) is 30.2. The average molecular weight is 1020 g/mol. The van der Waals surface area contributed by atoms with Gasteiger partial charge >= 0.3 is 0 Å². The van der Waals surface area contributed by atoms with Gasteiger partial charge in [-0.05, 0) is 62.5 Å². The molecule has 0 radical (unpaired) electrons. The van der Waals surface area contributed by atoms with Crippen molar-refractivity contribution in [3.63, 3.8) is 0 Å². The van der Waals surface area contributed by atoms with Crippen LogP contribution >= 0.6 is 0 Å².